The number of likely N-dealkylation sites (tertiary alicyclic amines) is 1. The molecule has 3 heterocycles. The van der Waals surface area contributed by atoms with Crippen molar-refractivity contribution < 1.29 is 27.2 Å². The van der Waals surface area contributed by atoms with Crippen molar-refractivity contribution in [3.63, 3.8) is 0 Å². The Morgan fingerprint density at radius 3 is 2.48 bits per heavy atom. The maximum Gasteiger partial charge on any atom is 0.417 e. The molecule has 2 aromatic heterocycles. The lowest BCUT2D eigenvalue weighted by atomic mass is 10.0. The number of aromatic nitrogens is 1. The summed E-state index contributed by atoms with van der Waals surface area (Å²) < 4.78 is 44.4. The van der Waals surface area contributed by atoms with Crippen LogP contribution in [0.25, 0.3) is 0 Å². The fourth-order valence-electron chi connectivity index (χ4n) is 3.20. The average molecular weight is 411 g/mol. The summed E-state index contributed by atoms with van der Waals surface area (Å²) in [5.41, 5.74) is -0.941. The van der Waals surface area contributed by atoms with Gasteiger partial charge in [-0.05, 0) is 31.9 Å². The van der Waals surface area contributed by atoms with Gasteiger partial charge in [0.2, 0.25) is 5.91 Å². The van der Waals surface area contributed by atoms with Gasteiger partial charge in [-0.3, -0.25) is 14.4 Å². The number of halogens is 3. The molecule has 1 aliphatic rings. The van der Waals surface area contributed by atoms with Gasteiger partial charge in [-0.1, -0.05) is 0 Å². The first kappa shape index (κ1) is 20.7. The number of piperidine rings is 1. The van der Waals surface area contributed by atoms with Gasteiger partial charge in [0.1, 0.15) is 6.54 Å². The molecule has 2 aromatic rings. The zero-order valence-electron chi connectivity index (χ0n) is 15.7. The first-order valence-corrected chi connectivity index (χ1v) is 9.05. The molecular weight excluding hydrogens is 391 g/mol. The number of carbonyl (C=O) groups is 2. The van der Waals surface area contributed by atoms with Crippen molar-refractivity contribution in [3.8, 4) is 0 Å². The summed E-state index contributed by atoms with van der Waals surface area (Å²) >= 11 is 0. The number of nitrogens with zero attached hydrogens (tertiary/aromatic N) is 2. The highest BCUT2D eigenvalue weighted by molar-refractivity contribution is 5.93. The van der Waals surface area contributed by atoms with Gasteiger partial charge in [0, 0.05) is 37.0 Å². The first-order valence-electron chi connectivity index (χ1n) is 9.05. The zero-order valence-corrected chi connectivity index (χ0v) is 15.7. The molecule has 0 atom stereocenters. The van der Waals surface area contributed by atoms with E-state index in [1.807, 2.05) is 0 Å². The van der Waals surface area contributed by atoms with E-state index < -0.39 is 29.8 Å². The van der Waals surface area contributed by atoms with Crippen LogP contribution in [0.2, 0.25) is 0 Å². The summed E-state index contributed by atoms with van der Waals surface area (Å²) in [4.78, 5) is 37.9. The number of hydrogen-bond donors (Lipinski definition) is 1. The Hall–Kier alpha value is -3.04. The molecule has 7 nitrogen and oxygen atoms in total. The Labute approximate surface area is 164 Å². The maximum atomic E-state index is 12.8. The lowest BCUT2D eigenvalue weighted by Gasteiger charge is -2.32. The highest BCUT2D eigenvalue weighted by Gasteiger charge is 2.31. The third-order valence-electron chi connectivity index (χ3n) is 4.87. The lowest BCUT2D eigenvalue weighted by molar-refractivity contribution is -0.139. The minimum atomic E-state index is -4.60. The van der Waals surface area contributed by atoms with E-state index in [9.17, 15) is 27.6 Å². The average Bonchev–Trinajstić information content (AvgIpc) is 3.09. The molecular formula is C19H20F3N3O4. The van der Waals surface area contributed by atoms with Crippen LogP contribution < -0.4 is 10.9 Å². The summed E-state index contributed by atoms with van der Waals surface area (Å²) in [7, 11) is 0. The quantitative estimate of drug-likeness (QED) is 0.836. The van der Waals surface area contributed by atoms with Crippen molar-refractivity contribution in [2.75, 3.05) is 13.1 Å². The van der Waals surface area contributed by atoms with Crippen LogP contribution in [0.5, 0.6) is 0 Å². The van der Waals surface area contributed by atoms with E-state index >= 15 is 0 Å². The summed E-state index contributed by atoms with van der Waals surface area (Å²) in [5, 5.41) is 2.85. The van der Waals surface area contributed by atoms with E-state index in [-0.39, 0.29) is 17.7 Å². The van der Waals surface area contributed by atoms with E-state index in [0.29, 0.717) is 38.2 Å². The minimum Gasteiger partial charge on any atom is -0.459 e. The Morgan fingerprint density at radius 1 is 1.21 bits per heavy atom. The Kier molecular flexibility index (Phi) is 5.81. The van der Waals surface area contributed by atoms with E-state index in [4.69, 9.17) is 4.42 Å². The SMILES string of the molecule is Cc1ccoc1C(=O)NC1CCN(C(=O)Cn2cc(C(F)(F)F)ccc2=O)CC1. The van der Waals surface area contributed by atoms with Crippen molar-refractivity contribution in [1.29, 1.82) is 0 Å². The molecule has 1 aliphatic heterocycles. The highest BCUT2D eigenvalue weighted by Crippen LogP contribution is 2.28. The molecule has 0 radical (unpaired) electrons. The van der Waals surface area contributed by atoms with Gasteiger partial charge in [-0.2, -0.15) is 13.2 Å². The molecule has 156 valence electrons. The van der Waals surface area contributed by atoms with Crippen LogP contribution in [0.4, 0.5) is 13.2 Å². The predicted molar refractivity (Wildman–Crippen MR) is 96.2 cm³/mol. The van der Waals surface area contributed by atoms with E-state index in [0.717, 1.165) is 16.2 Å². The Morgan fingerprint density at radius 2 is 1.90 bits per heavy atom. The Bertz CT molecular complexity index is 956. The number of alkyl halides is 3. The Balaban J connectivity index is 1.56. The molecule has 1 saturated heterocycles. The van der Waals surface area contributed by atoms with E-state index in [2.05, 4.69) is 5.32 Å². The molecule has 0 unspecified atom stereocenters. The zero-order chi connectivity index (χ0) is 21.2. The van der Waals surface area contributed by atoms with Crippen LogP contribution in [-0.2, 0) is 17.5 Å². The van der Waals surface area contributed by atoms with Crippen LogP contribution in [0, 0.1) is 6.92 Å². The van der Waals surface area contributed by atoms with E-state index in [1.165, 1.54) is 11.2 Å². The topological polar surface area (TPSA) is 84.6 Å². The van der Waals surface area contributed by atoms with Crippen molar-refractivity contribution in [1.82, 2.24) is 14.8 Å². The van der Waals surface area contributed by atoms with E-state index in [1.54, 1.807) is 13.0 Å². The molecule has 1 fully saturated rings. The minimum absolute atomic E-state index is 0.146. The summed E-state index contributed by atoms with van der Waals surface area (Å²) in [5.74, 6) is -0.529. The number of hydrogen-bond acceptors (Lipinski definition) is 4. The fourth-order valence-corrected chi connectivity index (χ4v) is 3.20. The van der Waals surface area contributed by atoms with Crippen LogP contribution >= 0.6 is 0 Å². The monoisotopic (exact) mass is 411 g/mol. The molecule has 0 bridgehead atoms. The lowest BCUT2D eigenvalue weighted by Crippen LogP contribution is -2.47. The normalized spacial score (nSPS) is 15.4. The standard InChI is InChI=1S/C19H20F3N3O4/c1-12-6-9-29-17(12)18(28)23-14-4-7-24(8-5-14)16(27)11-25-10-13(19(20,21)22)2-3-15(25)26/h2-3,6,9-10,14H,4-5,7-8,11H2,1H3,(H,23,28). The van der Waals surface area contributed by atoms with Gasteiger partial charge < -0.3 is 19.2 Å². The number of pyridine rings is 1. The number of nitrogens with one attached hydrogen (secondary N) is 1. The molecule has 2 amide bonds. The van der Waals surface area contributed by atoms with Crippen LogP contribution in [0.3, 0.4) is 0 Å². The molecule has 29 heavy (non-hydrogen) atoms. The van der Waals surface area contributed by atoms with Crippen LogP contribution in [-0.4, -0.2) is 40.4 Å². The number of amides is 2. The fraction of sp³-hybridized carbons (Fsp3) is 0.421. The predicted octanol–water partition coefficient (Wildman–Crippen LogP) is 2.19. The van der Waals surface area contributed by atoms with Gasteiger partial charge in [0.25, 0.3) is 11.5 Å². The van der Waals surface area contributed by atoms with Crippen molar-refractivity contribution in [3.05, 3.63) is 57.9 Å². The summed E-state index contributed by atoms with van der Waals surface area (Å²) in [6, 6.07) is 3.03. The third-order valence-corrected chi connectivity index (χ3v) is 4.87. The van der Waals surface area contributed by atoms with Crippen LogP contribution in [0.15, 0.2) is 39.9 Å². The molecule has 1 N–H and O–H groups in total. The first-order chi connectivity index (χ1) is 13.6. The second-order valence-electron chi connectivity index (χ2n) is 6.94. The van der Waals surface area contributed by atoms with Crippen LogP contribution in [0.1, 0.15) is 34.5 Å². The molecule has 0 saturated carbocycles. The number of rotatable bonds is 4. The number of furan rings is 1. The maximum absolute atomic E-state index is 12.8. The molecule has 10 heteroatoms. The smallest absolute Gasteiger partial charge is 0.417 e. The summed E-state index contributed by atoms with van der Waals surface area (Å²) in [6.45, 7) is 1.95. The van der Waals surface area contributed by atoms with Gasteiger partial charge in [-0.15, -0.1) is 0 Å². The van der Waals surface area contributed by atoms with Gasteiger partial charge in [-0.25, -0.2) is 0 Å². The second kappa shape index (κ2) is 8.14. The van der Waals surface area contributed by atoms with Gasteiger partial charge in [0.15, 0.2) is 5.76 Å². The molecule has 0 spiro atoms. The second-order valence-corrected chi connectivity index (χ2v) is 6.94. The summed E-state index contributed by atoms with van der Waals surface area (Å²) in [6.07, 6.45) is -1.52. The van der Waals surface area contributed by atoms with Gasteiger partial charge in [0.05, 0.1) is 11.8 Å². The highest BCUT2D eigenvalue weighted by atomic mass is 19.4. The number of aryl methyl sites for hydroxylation is 1. The molecule has 3 rings (SSSR count). The number of carbonyl (C=O) groups excluding carboxylic acids is 2. The third kappa shape index (κ3) is 4.87. The van der Waals surface area contributed by atoms with Crippen molar-refractivity contribution in [2.24, 2.45) is 0 Å². The van der Waals surface area contributed by atoms with Gasteiger partial charge >= 0.3 is 6.18 Å². The van der Waals surface area contributed by atoms with Crippen molar-refractivity contribution in [2.45, 2.75) is 38.5 Å². The molecule has 0 aromatic carbocycles. The van der Waals surface area contributed by atoms with Crippen molar-refractivity contribution >= 4 is 11.8 Å². The largest absolute Gasteiger partial charge is 0.459 e. The molecule has 0 aliphatic carbocycles.